The zero-order chi connectivity index (χ0) is 22.6. The van der Waals surface area contributed by atoms with E-state index in [1.54, 1.807) is 12.2 Å². The van der Waals surface area contributed by atoms with Crippen molar-refractivity contribution in [2.45, 2.75) is 58.9 Å². The number of hydrogen-bond donors (Lipinski definition) is 1. The molecule has 3 rings (SSSR count). The number of carbonyl (C=O) groups excluding carboxylic acids is 1. The number of imidazole rings is 1. The second kappa shape index (κ2) is 12.7. The van der Waals surface area contributed by atoms with Gasteiger partial charge in [0, 0.05) is 19.5 Å². The molecule has 1 aromatic heterocycles. The van der Waals surface area contributed by atoms with Crippen molar-refractivity contribution >= 4 is 16.9 Å². The lowest BCUT2D eigenvalue weighted by Gasteiger charge is -2.11. The first-order chi connectivity index (χ1) is 15.7. The number of amides is 1. The van der Waals surface area contributed by atoms with Gasteiger partial charge in [0.1, 0.15) is 11.6 Å². The van der Waals surface area contributed by atoms with Gasteiger partial charge in [-0.3, -0.25) is 4.79 Å². The second-order valence-corrected chi connectivity index (χ2v) is 8.09. The standard InChI is InChI=1S/C27H35N3O2/c1-3-13-27(31)28-19-10-4-5-18-26-29-23-15-7-8-16-24(23)30(26)20-11-12-21-32-25-17-9-6-14-22(25)2/h3,6-9,13-17H,4-5,10-12,18-21H2,1-2H3,(H,28,31)/b13-3+. The summed E-state index contributed by atoms with van der Waals surface area (Å²) in [7, 11) is 0. The van der Waals surface area contributed by atoms with Gasteiger partial charge < -0.3 is 14.6 Å². The highest BCUT2D eigenvalue weighted by Gasteiger charge is 2.10. The SMILES string of the molecule is C/C=C/C(=O)NCCCCCc1nc2ccccc2n1CCCCOc1ccccc1C. The van der Waals surface area contributed by atoms with Gasteiger partial charge in [-0.05, 0) is 69.4 Å². The molecular weight excluding hydrogens is 398 g/mol. The number of nitrogens with zero attached hydrogens (tertiary/aromatic N) is 2. The van der Waals surface area contributed by atoms with E-state index in [-0.39, 0.29) is 5.91 Å². The Hall–Kier alpha value is -3.08. The maximum Gasteiger partial charge on any atom is 0.243 e. The summed E-state index contributed by atoms with van der Waals surface area (Å²) in [6, 6.07) is 16.5. The molecule has 1 amide bonds. The van der Waals surface area contributed by atoms with E-state index in [4.69, 9.17) is 9.72 Å². The number of aromatic nitrogens is 2. The van der Waals surface area contributed by atoms with Gasteiger partial charge in [0.2, 0.25) is 5.91 Å². The van der Waals surface area contributed by atoms with E-state index in [9.17, 15) is 4.79 Å². The molecule has 0 unspecified atom stereocenters. The van der Waals surface area contributed by atoms with Gasteiger partial charge >= 0.3 is 0 Å². The van der Waals surface area contributed by atoms with Crippen LogP contribution in [0.15, 0.2) is 60.7 Å². The first-order valence-electron chi connectivity index (χ1n) is 11.7. The minimum absolute atomic E-state index is 0.0132. The Kier molecular flexibility index (Phi) is 9.36. The molecule has 1 heterocycles. The molecule has 0 aliphatic heterocycles. The number of allylic oxidation sites excluding steroid dienone is 1. The number of benzene rings is 2. The van der Waals surface area contributed by atoms with E-state index >= 15 is 0 Å². The number of unbranched alkanes of at least 4 members (excludes halogenated alkanes) is 3. The molecule has 0 radical (unpaired) electrons. The van der Waals surface area contributed by atoms with Crippen LogP contribution in [0.3, 0.4) is 0 Å². The number of para-hydroxylation sites is 3. The molecule has 2 aromatic carbocycles. The molecule has 0 atom stereocenters. The van der Waals surface area contributed by atoms with Gasteiger partial charge in [0.25, 0.3) is 0 Å². The topological polar surface area (TPSA) is 56.2 Å². The molecule has 0 bridgehead atoms. The predicted octanol–water partition coefficient (Wildman–Crippen LogP) is 5.61. The van der Waals surface area contributed by atoms with E-state index in [1.807, 2.05) is 31.2 Å². The van der Waals surface area contributed by atoms with Crippen molar-refractivity contribution in [2.75, 3.05) is 13.2 Å². The molecule has 1 N–H and O–H groups in total. The molecule has 0 spiro atoms. The predicted molar refractivity (Wildman–Crippen MR) is 131 cm³/mol. The van der Waals surface area contributed by atoms with Crippen LogP contribution in [0.2, 0.25) is 0 Å². The number of fused-ring (bicyclic) bond motifs is 1. The van der Waals surface area contributed by atoms with E-state index in [0.717, 1.165) is 75.3 Å². The Morgan fingerprint density at radius 1 is 1.03 bits per heavy atom. The van der Waals surface area contributed by atoms with Gasteiger partial charge in [-0.2, -0.15) is 0 Å². The van der Waals surface area contributed by atoms with E-state index < -0.39 is 0 Å². The van der Waals surface area contributed by atoms with Crippen molar-refractivity contribution in [1.82, 2.24) is 14.9 Å². The monoisotopic (exact) mass is 433 g/mol. The summed E-state index contributed by atoms with van der Waals surface area (Å²) in [6.07, 6.45) is 9.46. The zero-order valence-corrected chi connectivity index (χ0v) is 19.3. The largest absolute Gasteiger partial charge is 0.493 e. The van der Waals surface area contributed by atoms with Gasteiger partial charge in [0.15, 0.2) is 0 Å². The highest BCUT2D eigenvalue weighted by Crippen LogP contribution is 2.20. The van der Waals surface area contributed by atoms with Crippen molar-refractivity contribution in [1.29, 1.82) is 0 Å². The molecule has 5 heteroatoms. The summed E-state index contributed by atoms with van der Waals surface area (Å²) < 4.78 is 8.32. The summed E-state index contributed by atoms with van der Waals surface area (Å²) in [4.78, 5) is 16.4. The van der Waals surface area contributed by atoms with Crippen LogP contribution < -0.4 is 10.1 Å². The fourth-order valence-electron chi connectivity index (χ4n) is 3.85. The summed E-state index contributed by atoms with van der Waals surface area (Å²) >= 11 is 0. The van der Waals surface area contributed by atoms with Crippen LogP contribution >= 0.6 is 0 Å². The fourth-order valence-corrected chi connectivity index (χ4v) is 3.85. The van der Waals surface area contributed by atoms with Crippen LogP contribution in [0, 0.1) is 6.92 Å². The van der Waals surface area contributed by atoms with Crippen LogP contribution in [0.4, 0.5) is 0 Å². The van der Waals surface area contributed by atoms with Crippen molar-refractivity contribution in [2.24, 2.45) is 0 Å². The molecule has 32 heavy (non-hydrogen) atoms. The molecular formula is C27H35N3O2. The third-order valence-corrected chi connectivity index (χ3v) is 5.56. The third-order valence-electron chi connectivity index (χ3n) is 5.56. The Morgan fingerprint density at radius 2 is 1.84 bits per heavy atom. The first kappa shape index (κ1) is 23.6. The summed E-state index contributed by atoms with van der Waals surface area (Å²) in [5, 5.41) is 2.91. The first-order valence-corrected chi connectivity index (χ1v) is 11.7. The number of nitrogens with one attached hydrogen (secondary N) is 1. The Bertz CT molecular complexity index is 1020. The van der Waals surface area contributed by atoms with Crippen LogP contribution in [0.25, 0.3) is 11.0 Å². The molecule has 5 nitrogen and oxygen atoms in total. The van der Waals surface area contributed by atoms with E-state index in [1.165, 1.54) is 11.1 Å². The van der Waals surface area contributed by atoms with E-state index in [0.29, 0.717) is 0 Å². The number of aryl methyl sites for hydroxylation is 3. The van der Waals surface area contributed by atoms with Crippen LogP contribution in [-0.4, -0.2) is 28.6 Å². The normalized spacial score (nSPS) is 11.3. The van der Waals surface area contributed by atoms with Crippen molar-refractivity contribution in [3.05, 3.63) is 72.1 Å². The molecule has 0 saturated carbocycles. The molecule has 3 aromatic rings. The minimum Gasteiger partial charge on any atom is -0.493 e. The summed E-state index contributed by atoms with van der Waals surface area (Å²) in [5.74, 6) is 2.12. The third kappa shape index (κ3) is 6.98. The minimum atomic E-state index is -0.0132. The van der Waals surface area contributed by atoms with Crippen molar-refractivity contribution in [3.63, 3.8) is 0 Å². The summed E-state index contributed by atoms with van der Waals surface area (Å²) in [5.41, 5.74) is 3.45. The quantitative estimate of drug-likeness (QED) is 0.282. The number of hydrogen-bond acceptors (Lipinski definition) is 3. The zero-order valence-electron chi connectivity index (χ0n) is 19.3. The highest BCUT2D eigenvalue weighted by atomic mass is 16.5. The van der Waals surface area contributed by atoms with Crippen LogP contribution in [0.1, 0.15) is 50.4 Å². The number of rotatable bonds is 13. The van der Waals surface area contributed by atoms with Crippen molar-refractivity contribution < 1.29 is 9.53 Å². The molecule has 0 fully saturated rings. The maximum atomic E-state index is 11.5. The molecule has 170 valence electrons. The number of carbonyl (C=O) groups is 1. The average Bonchev–Trinajstić information content (AvgIpc) is 3.14. The molecule has 0 saturated heterocycles. The lowest BCUT2D eigenvalue weighted by molar-refractivity contribution is -0.116. The fraction of sp³-hybridized carbons (Fsp3) is 0.407. The summed E-state index contributed by atoms with van der Waals surface area (Å²) in [6.45, 7) is 6.33. The lowest BCUT2D eigenvalue weighted by atomic mass is 10.2. The second-order valence-electron chi connectivity index (χ2n) is 8.09. The Morgan fingerprint density at radius 3 is 2.69 bits per heavy atom. The van der Waals surface area contributed by atoms with Gasteiger partial charge in [-0.25, -0.2) is 4.98 Å². The maximum absolute atomic E-state index is 11.5. The number of ether oxygens (including phenoxy) is 1. The Balaban J connectivity index is 1.47. The highest BCUT2D eigenvalue weighted by molar-refractivity contribution is 5.87. The van der Waals surface area contributed by atoms with Crippen LogP contribution in [0.5, 0.6) is 5.75 Å². The average molecular weight is 434 g/mol. The van der Waals surface area contributed by atoms with E-state index in [2.05, 4.69) is 41.1 Å². The Labute approximate surface area is 191 Å². The van der Waals surface area contributed by atoms with Gasteiger partial charge in [-0.15, -0.1) is 0 Å². The smallest absolute Gasteiger partial charge is 0.243 e. The molecule has 0 aliphatic carbocycles. The molecule has 0 aliphatic rings. The van der Waals surface area contributed by atoms with Gasteiger partial charge in [0.05, 0.1) is 17.6 Å². The van der Waals surface area contributed by atoms with Gasteiger partial charge in [-0.1, -0.05) is 42.8 Å². The van der Waals surface area contributed by atoms with Crippen molar-refractivity contribution in [3.8, 4) is 5.75 Å². The van der Waals surface area contributed by atoms with Crippen LogP contribution in [-0.2, 0) is 17.8 Å². The lowest BCUT2D eigenvalue weighted by Crippen LogP contribution is -2.21.